The lowest BCUT2D eigenvalue weighted by molar-refractivity contribution is -0.141. The van der Waals surface area contributed by atoms with Gasteiger partial charge in [-0.1, -0.05) is 0 Å². The Hall–Kier alpha value is -1.93. The summed E-state index contributed by atoms with van der Waals surface area (Å²) in [5.41, 5.74) is 0.459. The fraction of sp³-hybridized carbons (Fsp3) is 0.273. The number of benzene rings is 1. The molecule has 0 unspecified atom stereocenters. The zero-order chi connectivity index (χ0) is 14.2. The van der Waals surface area contributed by atoms with Gasteiger partial charge in [0.25, 0.3) is 0 Å². The summed E-state index contributed by atoms with van der Waals surface area (Å²) in [6.07, 6.45) is -0.0493. The summed E-state index contributed by atoms with van der Waals surface area (Å²) in [7, 11) is -3.78. The number of hydrogen-bond acceptors (Lipinski definition) is 4. The molecule has 0 aromatic heterocycles. The van der Waals surface area contributed by atoms with Crippen molar-refractivity contribution in [3.05, 3.63) is 24.3 Å². The third kappa shape index (κ3) is 2.74. The molecule has 1 fully saturated rings. The number of hydrogen-bond donors (Lipinski definition) is 2. The molecule has 0 spiro atoms. The third-order valence-electron chi connectivity index (χ3n) is 2.95. The molecule has 1 saturated heterocycles. The number of nitrogens with two attached hydrogens (primary N) is 1. The van der Waals surface area contributed by atoms with Gasteiger partial charge in [0, 0.05) is 18.7 Å². The number of sulfonamides is 1. The Labute approximate surface area is 109 Å². The summed E-state index contributed by atoms with van der Waals surface area (Å²) in [5, 5.41) is 13.8. The van der Waals surface area contributed by atoms with Gasteiger partial charge < -0.3 is 10.0 Å². The van der Waals surface area contributed by atoms with Crippen LogP contribution >= 0.6 is 0 Å². The largest absolute Gasteiger partial charge is 0.481 e. The van der Waals surface area contributed by atoms with Gasteiger partial charge in [-0.05, 0) is 24.3 Å². The van der Waals surface area contributed by atoms with Crippen molar-refractivity contribution in [3.63, 3.8) is 0 Å². The van der Waals surface area contributed by atoms with E-state index >= 15 is 0 Å². The highest BCUT2D eigenvalue weighted by Gasteiger charge is 2.35. The number of amides is 1. The fourth-order valence-electron chi connectivity index (χ4n) is 1.94. The molecular weight excluding hydrogens is 272 g/mol. The summed E-state index contributed by atoms with van der Waals surface area (Å²) in [5.74, 6) is -2.04. The van der Waals surface area contributed by atoms with E-state index in [1.54, 1.807) is 0 Å². The van der Waals surface area contributed by atoms with Gasteiger partial charge in [-0.3, -0.25) is 9.59 Å². The number of carbonyl (C=O) groups is 2. The standard InChI is InChI=1S/C11H12N2O5S/c12-19(17,18)9-3-1-8(2-4-9)13-6-7(11(15)16)5-10(13)14/h1-4,7H,5-6H2,(H,15,16)(H2,12,17,18)/t7-/m0/s1. The van der Waals surface area contributed by atoms with Crippen LogP contribution in [-0.2, 0) is 19.6 Å². The van der Waals surface area contributed by atoms with Gasteiger partial charge in [-0.25, -0.2) is 13.6 Å². The smallest absolute Gasteiger partial charge is 0.308 e. The molecule has 0 bridgehead atoms. The molecule has 2 rings (SSSR count). The summed E-state index contributed by atoms with van der Waals surface area (Å²) in [6, 6.07) is 5.43. The monoisotopic (exact) mass is 284 g/mol. The van der Waals surface area contributed by atoms with Gasteiger partial charge in [0.1, 0.15) is 0 Å². The van der Waals surface area contributed by atoms with Gasteiger partial charge in [0.2, 0.25) is 15.9 Å². The zero-order valence-corrected chi connectivity index (χ0v) is 10.6. The third-order valence-corrected chi connectivity index (χ3v) is 3.88. The van der Waals surface area contributed by atoms with Crippen LogP contribution in [0.5, 0.6) is 0 Å². The number of carboxylic acid groups (broad SMARTS) is 1. The van der Waals surface area contributed by atoms with Crippen LogP contribution in [0.3, 0.4) is 0 Å². The van der Waals surface area contributed by atoms with Crippen molar-refractivity contribution in [3.8, 4) is 0 Å². The van der Waals surface area contributed by atoms with Crippen LogP contribution in [0.1, 0.15) is 6.42 Å². The molecule has 8 heteroatoms. The minimum Gasteiger partial charge on any atom is -0.481 e. The van der Waals surface area contributed by atoms with E-state index in [1.165, 1.54) is 29.2 Å². The van der Waals surface area contributed by atoms with Crippen LogP contribution in [-0.4, -0.2) is 31.9 Å². The maximum absolute atomic E-state index is 11.7. The number of primary sulfonamides is 1. The van der Waals surface area contributed by atoms with Crippen molar-refractivity contribution in [2.24, 2.45) is 11.1 Å². The topological polar surface area (TPSA) is 118 Å². The summed E-state index contributed by atoms with van der Waals surface area (Å²) >= 11 is 0. The van der Waals surface area contributed by atoms with Gasteiger partial charge in [0.05, 0.1) is 10.8 Å². The summed E-state index contributed by atoms with van der Waals surface area (Å²) in [4.78, 5) is 23.8. The first-order valence-electron chi connectivity index (χ1n) is 5.45. The van der Waals surface area contributed by atoms with Gasteiger partial charge in [-0.2, -0.15) is 0 Å². The van der Waals surface area contributed by atoms with Crippen LogP contribution in [0.15, 0.2) is 29.2 Å². The average molecular weight is 284 g/mol. The Kier molecular flexibility index (Phi) is 3.29. The summed E-state index contributed by atoms with van der Waals surface area (Å²) < 4.78 is 22.2. The fourth-order valence-corrected chi connectivity index (χ4v) is 2.45. The van der Waals surface area contributed by atoms with Crippen LogP contribution in [0, 0.1) is 5.92 Å². The first kappa shape index (κ1) is 13.5. The van der Waals surface area contributed by atoms with Crippen LogP contribution in [0.25, 0.3) is 0 Å². The molecule has 1 aromatic carbocycles. The molecule has 1 atom stereocenters. The Morgan fingerprint density at radius 2 is 1.89 bits per heavy atom. The minimum absolute atomic E-state index is 0.0493. The molecule has 1 heterocycles. The van der Waals surface area contributed by atoms with Crippen molar-refractivity contribution in [2.75, 3.05) is 11.4 Å². The molecule has 0 saturated carbocycles. The van der Waals surface area contributed by atoms with E-state index in [2.05, 4.69) is 0 Å². The predicted molar refractivity (Wildman–Crippen MR) is 65.9 cm³/mol. The average Bonchev–Trinajstić information content (AvgIpc) is 2.70. The number of anilines is 1. The molecule has 7 nitrogen and oxygen atoms in total. The van der Waals surface area contributed by atoms with Crippen LogP contribution in [0.4, 0.5) is 5.69 Å². The lowest BCUT2D eigenvalue weighted by Crippen LogP contribution is -2.25. The second-order valence-electron chi connectivity index (χ2n) is 4.28. The Morgan fingerprint density at radius 1 is 1.32 bits per heavy atom. The molecule has 1 aliphatic rings. The Morgan fingerprint density at radius 3 is 2.32 bits per heavy atom. The van der Waals surface area contributed by atoms with Crippen molar-refractivity contribution >= 4 is 27.6 Å². The second kappa shape index (κ2) is 4.63. The number of aliphatic carboxylic acids is 1. The molecule has 3 N–H and O–H groups in total. The molecule has 102 valence electrons. The van der Waals surface area contributed by atoms with Crippen molar-refractivity contribution in [2.45, 2.75) is 11.3 Å². The van der Waals surface area contributed by atoms with E-state index in [4.69, 9.17) is 10.2 Å². The van der Waals surface area contributed by atoms with Crippen LogP contribution < -0.4 is 10.0 Å². The van der Waals surface area contributed by atoms with Crippen LogP contribution in [0.2, 0.25) is 0 Å². The van der Waals surface area contributed by atoms with E-state index < -0.39 is 21.9 Å². The van der Waals surface area contributed by atoms with E-state index in [1.807, 2.05) is 0 Å². The predicted octanol–water partition coefficient (Wildman–Crippen LogP) is -0.229. The van der Waals surface area contributed by atoms with E-state index in [0.717, 1.165) is 0 Å². The molecule has 0 radical (unpaired) electrons. The molecule has 1 amide bonds. The first-order valence-corrected chi connectivity index (χ1v) is 6.99. The molecule has 19 heavy (non-hydrogen) atoms. The lowest BCUT2D eigenvalue weighted by Gasteiger charge is -2.16. The highest BCUT2D eigenvalue weighted by Crippen LogP contribution is 2.26. The Balaban J connectivity index is 2.24. The van der Waals surface area contributed by atoms with E-state index in [9.17, 15) is 18.0 Å². The Bertz CT molecular complexity index is 623. The van der Waals surface area contributed by atoms with Gasteiger partial charge in [-0.15, -0.1) is 0 Å². The zero-order valence-electron chi connectivity index (χ0n) is 9.81. The number of carboxylic acids is 1. The van der Waals surface area contributed by atoms with Gasteiger partial charge in [0.15, 0.2) is 0 Å². The maximum Gasteiger partial charge on any atom is 0.308 e. The van der Waals surface area contributed by atoms with Crippen molar-refractivity contribution in [1.29, 1.82) is 0 Å². The first-order chi connectivity index (χ1) is 8.79. The minimum atomic E-state index is -3.78. The van der Waals surface area contributed by atoms with Crippen molar-refractivity contribution in [1.82, 2.24) is 0 Å². The molecule has 1 aliphatic heterocycles. The lowest BCUT2D eigenvalue weighted by atomic mass is 10.1. The second-order valence-corrected chi connectivity index (χ2v) is 5.84. The number of rotatable bonds is 3. The molecule has 0 aliphatic carbocycles. The summed E-state index contributed by atoms with van der Waals surface area (Å²) in [6.45, 7) is 0.0862. The maximum atomic E-state index is 11.7. The van der Waals surface area contributed by atoms with Gasteiger partial charge >= 0.3 is 5.97 Å². The van der Waals surface area contributed by atoms with E-state index in [0.29, 0.717) is 5.69 Å². The SMILES string of the molecule is NS(=O)(=O)c1ccc(N2C[C@@H](C(=O)O)CC2=O)cc1. The number of carbonyl (C=O) groups excluding carboxylic acids is 1. The number of nitrogens with zero attached hydrogens (tertiary/aromatic N) is 1. The highest BCUT2D eigenvalue weighted by molar-refractivity contribution is 7.89. The highest BCUT2D eigenvalue weighted by atomic mass is 32.2. The van der Waals surface area contributed by atoms with Crippen molar-refractivity contribution < 1.29 is 23.1 Å². The quantitative estimate of drug-likeness (QED) is 0.795. The molecule has 1 aromatic rings. The molecular formula is C11H12N2O5S. The van der Waals surface area contributed by atoms with E-state index in [-0.39, 0.29) is 23.8 Å². The normalized spacial score (nSPS) is 19.7.